The number of carbonyl (C=O) groups is 7. The number of hydrogen-bond donors (Lipinski definition) is 7. The number of carboxylic acid groups (broad SMARTS) is 2. The van der Waals surface area contributed by atoms with E-state index < -0.39 is 23.4 Å². The van der Waals surface area contributed by atoms with Gasteiger partial charge in [0.25, 0.3) is 0 Å². The normalized spacial score (nSPS) is 10.9. The van der Waals surface area contributed by atoms with Gasteiger partial charge < -0.3 is 45.2 Å². The van der Waals surface area contributed by atoms with Crippen LogP contribution in [0.15, 0.2) is 233 Å². The van der Waals surface area contributed by atoms with E-state index in [4.69, 9.17) is 40.1 Å². The van der Waals surface area contributed by atoms with Crippen LogP contribution in [0.4, 0.5) is 11.4 Å². The zero-order chi connectivity index (χ0) is 87.5. The van der Waals surface area contributed by atoms with Crippen LogP contribution in [0, 0.1) is 22.7 Å². The van der Waals surface area contributed by atoms with E-state index in [-0.39, 0.29) is 88.9 Å². The number of carbonyl (C=O) groups excluding carboxylic acids is 5. The predicted molar refractivity (Wildman–Crippen MR) is 499 cm³/mol. The van der Waals surface area contributed by atoms with Crippen LogP contribution in [-0.2, 0) is 27.9 Å². The number of esters is 3. The Hall–Kier alpha value is -11.1. The Morgan fingerprint density at radius 1 is 0.556 bits per heavy atom. The third kappa shape index (κ3) is 38.8. The number of aromatic carboxylic acids is 2. The first kappa shape index (κ1) is 115. The maximum Gasteiger partial charge on any atom is 1.00 e. The molecule has 1 aliphatic heterocycles. The fourth-order valence-corrected chi connectivity index (χ4v) is 13.1. The number of nitrogen functional groups attached to an aromatic ring is 1. The van der Waals surface area contributed by atoms with Crippen LogP contribution in [0.25, 0.3) is 48.8 Å². The number of benzene rings is 5. The number of hydrazine groups is 1. The minimum absolute atomic E-state index is 0. The molecule has 5 aromatic carbocycles. The molecule has 13 aromatic rings. The monoisotopic (exact) mass is 1910 g/mol. The number of hydrazone groups is 1. The summed E-state index contributed by atoms with van der Waals surface area (Å²) < 4.78 is 37.1. The molecule has 0 amide bonds. The molecule has 9 heterocycles. The first-order valence-corrected chi connectivity index (χ1v) is 44.3. The van der Waals surface area contributed by atoms with Crippen molar-refractivity contribution >= 4 is 166 Å². The van der Waals surface area contributed by atoms with Gasteiger partial charge in [0, 0.05) is 42.2 Å². The molecule has 126 heavy (non-hydrogen) atoms. The van der Waals surface area contributed by atoms with Gasteiger partial charge in [0.2, 0.25) is 0 Å². The number of hydrogen-bond acceptors (Lipinski definition) is 30. The second-order valence-corrected chi connectivity index (χ2v) is 34.9. The van der Waals surface area contributed by atoms with Gasteiger partial charge in [-0.3, -0.25) is 25.4 Å². The number of ketones is 1. The Morgan fingerprint density at radius 3 is 1.17 bits per heavy atom. The molecule has 1 unspecified atom stereocenters. The van der Waals surface area contributed by atoms with Crippen molar-refractivity contribution in [1.29, 1.82) is 10.5 Å². The number of ether oxygens (including phenoxy) is 4. The predicted octanol–water partition coefficient (Wildman–Crippen LogP) is 19.1. The van der Waals surface area contributed by atoms with Gasteiger partial charge >= 0.3 is 53.9 Å². The SMILES string of the molecule is C.C.C.C.CC(=O)c1cccs1.CCOC(=O)c1ccc(-n2cc(C#N)c(-c3cccs3)n2)cc1.CCOC(=O)c1ccc(-n2cc(C=O)c(-c3cccs3)n2)cc1.CCOC(=O)c1ccc(N/N=C(\C)c2cccs2)cc1.N#Cc1cn(-c2ccc(C(=O)O)cc2)nc1-c1cccs1.NNc1ccc(C(=O)O)cc1.NOCl.O=P(Cl)(Cl)Cl.OC1CCCO1.[Li+].[OH-]. The number of aromatic nitrogens is 6. The minimum Gasteiger partial charge on any atom is -0.870 e. The molecule has 30 nitrogen and oxygen atoms in total. The van der Waals surface area contributed by atoms with Crippen molar-refractivity contribution in [2.75, 3.05) is 37.3 Å². The number of anilines is 2. The number of nitrogens with two attached hydrogens (primary N) is 2. The van der Waals surface area contributed by atoms with E-state index in [1.807, 2.05) is 94.5 Å². The Kier molecular flexibility index (Phi) is 55.9. The van der Waals surface area contributed by atoms with Crippen LogP contribution in [0.1, 0.15) is 165 Å². The number of halogens is 4. The number of carboxylic acids is 2. The zero-order valence-electron chi connectivity index (χ0n) is 65.6. The zero-order valence-corrected chi connectivity index (χ0v) is 73.6. The van der Waals surface area contributed by atoms with Crippen molar-refractivity contribution in [3.8, 4) is 60.9 Å². The van der Waals surface area contributed by atoms with Crippen LogP contribution in [-0.4, -0.2) is 130 Å². The summed E-state index contributed by atoms with van der Waals surface area (Å²) in [6.07, 6.45) is 7.19. The fourth-order valence-electron chi connectivity index (χ4n) is 9.60. The molecule has 1 fully saturated rings. The molecule has 0 saturated carbocycles. The van der Waals surface area contributed by atoms with Gasteiger partial charge in [-0.15, -0.1) is 56.7 Å². The molecule has 14 rings (SSSR count). The summed E-state index contributed by atoms with van der Waals surface area (Å²) in [6.45, 7) is 10.6. The molecule has 1 saturated heterocycles. The minimum atomic E-state index is -3.22. The summed E-state index contributed by atoms with van der Waals surface area (Å²) in [5.74, 6) is 6.42. The van der Waals surface area contributed by atoms with Gasteiger partial charge in [-0.05, 0) is 253 Å². The number of aliphatic hydroxyl groups is 1. The summed E-state index contributed by atoms with van der Waals surface area (Å²) in [5.41, 5.74) is 15.5. The summed E-state index contributed by atoms with van der Waals surface area (Å²) in [6, 6.07) is 56.9. The molecule has 1 aliphatic rings. The van der Waals surface area contributed by atoms with Crippen molar-refractivity contribution in [1.82, 2.24) is 29.3 Å². The molecule has 0 bridgehead atoms. The number of thiophene rings is 5. The molecule has 0 radical (unpaired) electrons. The average molecular weight is 1910 g/mol. The Labute approximate surface area is 781 Å². The van der Waals surface area contributed by atoms with Crippen LogP contribution in [0.5, 0.6) is 0 Å². The topological polar surface area (TPSA) is 463 Å². The van der Waals surface area contributed by atoms with Gasteiger partial charge in [-0.25, -0.2) is 38.0 Å². The van der Waals surface area contributed by atoms with Crippen LogP contribution >= 0.6 is 107 Å². The van der Waals surface area contributed by atoms with Gasteiger partial charge in [0.1, 0.15) is 29.2 Å². The maximum atomic E-state index is 11.7. The largest absolute Gasteiger partial charge is 1.00 e. The summed E-state index contributed by atoms with van der Waals surface area (Å²) in [5, 5.41) is 68.6. The maximum absolute atomic E-state index is 11.7. The Bertz CT molecular complexity index is 5510. The van der Waals surface area contributed by atoms with E-state index in [0.717, 1.165) is 72.9 Å². The van der Waals surface area contributed by atoms with Crippen molar-refractivity contribution in [2.45, 2.75) is 83.5 Å². The van der Waals surface area contributed by atoms with E-state index in [9.17, 15) is 48.7 Å². The van der Waals surface area contributed by atoms with Crippen molar-refractivity contribution < 1.29 is 101 Å². The number of Topliss-reactive ketones (excluding diaryl/α,β-unsaturated/α-hetero) is 1. The van der Waals surface area contributed by atoms with E-state index >= 15 is 0 Å². The first-order valence-electron chi connectivity index (χ1n) is 35.2. The number of aliphatic hydroxyl groups excluding tert-OH is 1. The first-order chi connectivity index (χ1) is 57.7. The molecule has 41 heteroatoms. The van der Waals surface area contributed by atoms with Crippen LogP contribution in [0.3, 0.4) is 0 Å². The number of rotatable bonds is 20. The molecule has 8 aromatic heterocycles. The molecular weight excluding hydrogens is 1820 g/mol. The fraction of sp³-hybridized carbons (Fsp3) is 0.188. The van der Waals surface area contributed by atoms with Gasteiger partial charge in [-0.1, -0.05) is 60.0 Å². The summed E-state index contributed by atoms with van der Waals surface area (Å²) in [4.78, 5) is 82.6. The molecule has 0 spiro atoms. The van der Waals surface area contributed by atoms with E-state index in [1.165, 1.54) is 69.6 Å². The van der Waals surface area contributed by atoms with E-state index in [0.29, 0.717) is 81.7 Å². The molecular formula is C85H93Cl4LiN13O17PS5. The number of aldehydes is 1. The van der Waals surface area contributed by atoms with Crippen molar-refractivity contribution in [2.24, 2.45) is 16.8 Å². The van der Waals surface area contributed by atoms with Crippen LogP contribution in [0.2, 0.25) is 0 Å². The number of nitrogens with one attached hydrogen (secondary N) is 2. The smallest absolute Gasteiger partial charge is 0.870 e. The Balaban J connectivity index is 0.00000146. The number of nitrogens with zero attached hydrogens (tertiary/aromatic N) is 9. The third-order valence-corrected chi connectivity index (χ3v) is 19.7. The second kappa shape index (κ2) is 61.3. The van der Waals surface area contributed by atoms with Crippen molar-refractivity contribution in [3.05, 3.63) is 282 Å². The number of nitriles is 2. The van der Waals surface area contributed by atoms with Gasteiger partial charge in [0.15, 0.2) is 18.4 Å². The quantitative estimate of drug-likeness (QED) is 0.00429. The Morgan fingerprint density at radius 2 is 0.881 bits per heavy atom. The van der Waals surface area contributed by atoms with E-state index in [2.05, 4.69) is 99.3 Å². The molecule has 1 atom stereocenters. The van der Waals surface area contributed by atoms with Crippen molar-refractivity contribution in [3.63, 3.8) is 0 Å². The van der Waals surface area contributed by atoms with E-state index in [1.54, 1.807) is 169 Å². The molecule has 10 N–H and O–H groups in total. The summed E-state index contributed by atoms with van der Waals surface area (Å²) >= 11 is 25.8. The average Bonchev–Trinajstić information content (AvgIpc) is 1.68. The standard InChI is InChI=1S/C17H13N3O2S.C17H14N2O3S.C15H9N3O2S.C15H16N2O2S.C7H8N2O2.C6H6OS.C4H8O2.4CH4.Cl3OP.ClH2NO.Li.H2O/c1-2-22-17(21)12-5-7-14(8-6-12)20-11-13(10-18)16(19-20)15-4-3-9-23-15;1-2-22-17(21)12-5-7-14(8-6-12)19-10-13(11-20)16(18-19)15-4-3-9-23-15;16-8-11-9-18(17-14(11)13-2-1-7-21-13)12-5-3-10(4-6-12)15(19)20;1-3-19-15(18)12-6-8-13(9-7-12)17-16-11(2)14-5-4-10-20-14;8-9-6-3-1-5(2-4-6)7(10)11;1-5(7)6-3-2-4-8-6;5-4-2-1-3-6-4;;;;;1-5(2,3)4;1-3-2;;/h3-9,11H,2H2,1H3;3-11H,2H2,1H3;1-7,9H,(H,19,20);4-10,17H,3H2,1-2H3;1-4,9H,8H2,(H,10,11);2-4H,1H3;4-5H,1-3H2;4*1H4;;2H2;;1H2/q;;;;;;;;;;;;;+1;/p-1/b;;;16-11+;;;;;;;;;;;. The molecule has 0 aliphatic carbocycles. The van der Waals surface area contributed by atoms with Gasteiger partial charge in [-0.2, -0.15) is 41.2 Å². The van der Waals surface area contributed by atoms with Gasteiger partial charge in [0.05, 0.1) is 124 Å². The summed E-state index contributed by atoms with van der Waals surface area (Å²) in [7, 11) is 0. The third-order valence-electron chi connectivity index (χ3n) is 15.2. The van der Waals surface area contributed by atoms with Crippen LogP contribution < -0.4 is 41.5 Å². The molecule has 664 valence electrons. The second-order valence-electron chi connectivity index (χ2n) is 23.3.